The number of H-pyrrole nitrogens is 1. The van der Waals surface area contributed by atoms with E-state index in [9.17, 15) is 28.1 Å². The molecule has 0 spiro atoms. The molecule has 1 aromatic carbocycles. The molecule has 1 saturated heterocycles. The van der Waals surface area contributed by atoms with Gasteiger partial charge in [-0.15, -0.1) is 0 Å². The van der Waals surface area contributed by atoms with Crippen molar-refractivity contribution in [3.63, 3.8) is 0 Å². The second-order valence-corrected chi connectivity index (χ2v) is 11.9. The van der Waals surface area contributed by atoms with E-state index in [-0.39, 0.29) is 12.0 Å². The fourth-order valence-corrected chi connectivity index (χ4v) is 5.84. The minimum atomic E-state index is -4.46. The molecule has 0 amide bonds. The van der Waals surface area contributed by atoms with E-state index < -0.39 is 72.9 Å². The number of hydrogen-bond acceptors (Lipinski definition) is 9. The van der Waals surface area contributed by atoms with Crippen LogP contribution in [-0.2, 0) is 34.6 Å². The number of nitrogens with one attached hydrogen (secondary N) is 2. The molecular formula is C25H31ClF2N3O9P. The number of hydrogen-bond donors (Lipinski definition) is 2. The molecule has 226 valence electrons. The van der Waals surface area contributed by atoms with Gasteiger partial charge in [-0.1, -0.05) is 37.1 Å². The highest BCUT2D eigenvalue weighted by Gasteiger charge is 2.58. The van der Waals surface area contributed by atoms with Crippen LogP contribution in [0.2, 0.25) is 0 Å². The molecule has 2 heterocycles. The maximum absolute atomic E-state index is 15.6. The molecule has 1 fully saturated rings. The highest BCUT2D eigenvalue weighted by Crippen LogP contribution is 2.50. The number of benzene rings is 1. The monoisotopic (exact) mass is 621 g/mol. The van der Waals surface area contributed by atoms with Crippen LogP contribution in [0.15, 0.2) is 40.1 Å². The fourth-order valence-electron chi connectivity index (χ4n) is 3.99. The van der Waals surface area contributed by atoms with E-state index >= 15 is 4.39 Å². The second-order valence-electron chi connectivity index (χ2n) is 9.62. The quantitative estimate of drug-likeness (QED) is 0.147. The van der Waals surface area contributed by atoms with Gasteiger partial charge < -0.3 is 18.8 Å². The lowest BCUT2D eigenvalue weighted by Crippen LogP contribution is -2.41. The number of carbonyl (C=O) groups is 2. The van der Waals surface area contributed by atoms with Crippen molar-refractivity contribution in [3.05, 3.63) is 62.7 Å². The van der Waals surface area contributed by atoms with Gasteiger partial charge in [0.25, 0.3) is 5.56 Å². The van der Waals surface area contributed by atoms with Crippen LogP contribution in [0.1, 0.15) is 45.9 Å². The Morgan fingerprint density at radius 2 is 1.95 bits per heavy atom. The van der Waals surface area contributed by atoms with Gasteiger partial charge in [0.2, 0.25) is 10.9 Å². The van der Waals surface area contributed by atoms with Crippen LogP contribution < -0.4 is 20.9 Å². The molecule has 0 aliphatic carbocycles. The molecule has 6 unspecified atom stereocenters. The summed E-state index contributed by atoms with van der Waals surface area (Å²) in [6.45, 7) is 5.82. The molecule has 41 heavy (non-hydrogen) atoms. The van der Waals surface area contributed by atoms with Gasteiger partial charge in [0.05, 0.1) is 30.9 Å². The molecule has 1 aromatic heterocycles. The van der Waals surface area contributed by atoms with Gasteiger partial charge in [0.1, 0.15) is 18.1 Å². The number of aryl methyl sites for hydroxylation is 1. The number of ether oxygens (including phenoxy) is 2. The van der Waals surface area contributed by atoms with Crippen LogP contribution in [0, 0.1) is 11.7 Å². The summed E-state index contributed by atoms with van der Waals surface area (Å²) in [5.41, 5.74) is -1.62. The van der Waals surface area contributed by atoms with E-state index in [2.05, 4.69) is 5.09 Å². The lowest BCUT2D eigenvalue weighted by molar-refractivity contribution is -0.149. The van der Waals surface area contributed by atoms with Crippen LogP contribution in [0.3, 0.4) is 0 Å². The summed E-state index contributed by atoms with van der Waals surface area (Å²) < 4.78 is 65.3. The third-order valence-electron chi connectivity index (χ3n) is 5.96. The molecule has 6 atom stereocenters. The lowest BCUT2D eigenvalue weighted by atomic mass is 10.0. The average molecular weight is 622 g/mol. The molecule has 0 saturated carbocycles. The molecular weight excluding hydrogens is 591 g/mol. The molecule has 1 aliphatic rings. The third kappa shape index (κ3) is 7.89. The maximum Gasteiger partial charge on any atom is 0.459 e. The van der Waals surface area contributed by atoms with Crippen molar-refractivity contribution in [2.45, 2.75) is 70.1 Å². The zero-order valence-corrected chi connectivity index (χ0v) is 24.3. The molecule has 3 rings (SSSR count). The number of nitrogens with zero attached hydrogens (tertiary/aromatic N) is 1. The van der Waals surface area contributed by atoms with E-state index in [1.165, 1.54) is 6.92 Å². The van der Waals surface area contributed by atoms with E-state index in [4.69, 9.17) is 30.1 Å². The van der Waals surface area contributed by atoms with Crippen LogP contribution in [0.4, 0.5) is 8.78 Å². The summed E-state index contributed by atoms with van der Waals surface area (Å²) >= 11 is 5.96. The zero-order valence-electron chi connectivity index (χ0n) is 22.7. The Morgan fingerprint density at radius 3 is 2.54 bits per heavy atom. The first-order chi connectivity index (χ1) is 19.2. The Kier molecular flexibility index (Phi) is 10.6. The van der Waals surface area contributed by atoms with E-state index in [1.807, 2.05) is 6.92 Å². The Labute approximate surface area is 238 Å². The topological polar surface area (TPSA) is 155 Å². The largest absolute Gasteiger partial charge is 0.462 e. The highest BCUT2D eigenvalue weighted by atomic mass is 35.5. The van der Waals surface area contributed by atoms with E-state index in [0.29, 0.717) is 10.8 Å². The van der Waals surface area contributed by atoms with Crippen LogP contribution in [0.25, 0.3) is 0 Å². The van der Waals surface area contributed by atoms with Crippen LogP contribution in [-0.4, -0.2) is 51.8 Å². The van der Waals surface area contributed by atoms with Gasteiger partial charge in [0.15, 0.2) is 6.23 Å². The number of alkyl halides is 2. The average Bonchev–Trinajstić information content (AvgIpc) is 3.14. The van der Waals surface area contributed by atoms with Crippen molar-refractivity contribution in [2.75, 3.05) is 6.61 Å². The molecule has 2 N–H and O–H groups in total. The minimum Gasteiger partial charge on any atom is -0.462 e. The molecule has 1 aliphatic heterocycles. The normalized spacial score (nSPS) is 24.5. The highest BCUT2D eigenvalue weighted by molar-refractivity contribution is 7.52. The first-order valence-corrected chi connectivity index (χ1v) is 14.6. The van der Waals surface area contributed by atoms with Crippen molar-refractivity contribution < 1.29 is 41.5 Å². The molecule has 12 nitrogen and oxygen atoms in total. The summed E-state index contributed by atoms with van der Waals surface area (Å²) in [6.07, 6.45) is -1.94. The molecule has 2 aromatic rings. The first-order valence-electron chi connectivity index (χ1n) is 12.7. The van der Waals surface area contributed by atoms with Crippen molar-refractivity contribution in [3.8, 4) is 5.75 Å². The predicted octanol–water partition coefficient (Wildman–Crippen LogP) is 3.38. The van der Waals surface area contributed by atoms with Gasteiger partial charge in [-0.05, 0) is 44.9 Å². The fraction of sp³-hybridized carbons (Fsp3) is 0.520. The third-order valence-corrected chi connectivity index (χ3v) is 8.04. The molecule has 0 radical (unpaired) electrons. The van der Waals surface area contributed by atoms with Crippen molar-refractivity contribution in [1.29, 1.82) is 0 Å². The maximum atomic E-state index is 15.6. The molecule has 16 heteroatoms. The summed E-state index contributed by atoms with van der Waals surface area (Å²) in [5.74, 6) is -3.90. The Hall–Kier alpha value is -2.90. The number of aldehydes is 1. The minimum absolute atomic E-state index is 0.0996. The summed E-state index contributed by atoms with van der Waals surface area (Å²) in [5, 5.41) is -0.654. The standard InChI is InChI=1S/C25H31ClF2N3O9P/c1-5-6-16-7-9-17(10-8-16)40-41(36,30-15(4)22(34)38-14(2)3)37-13-20-18(12-32)25(26,28)23(39-20)31-11-19(27)21(33)29-24(31)35/h7-12,14-15,18,20,23H,5-6,13H2,1-4H3,(H,30,36)(H,29,33,35). The number of aromatic amines is 1. The van der Waals surface area contributed by atoms with Gasteiger partial charge in [0, 0.05) is 0 Å². The smallest absolute Gasteiger partial charge is 0.459 e. The number of rotatable bonds is 13. The van der Waals surface area contributed by atoms with Crippen LogP contribution in [0.5, 0.6) is 5.75 Å². The summed E-state index contributed by atoms with van der Waals surface area (Å²) in [6, 6.07) is 5.38. The number of aromatic nitrogens is 2. The molecule has 0 bridgehead atoms. The van der Waals surface area contributed by atoms with Gasteiger partial charge >= 0.3 is 19.4 Å². The number of carbonyl (C=O) groups excluding carboxylic acids is 2. The van der Waals surface area contributed by atoms with E-state index in [1.54, 1.807) is 43.1 Å². The summed E-state index contributed by atoms with van der Waals surface area (Å²) in [4.78, 5) is 49.5. The Bertz CT molecular complexity index is 1400. The van der Waals surface area contributed by atoms with Crippen molar-refractivity contribution in [2.24, 2.45) is 5.92 Å². The lowest BCUT2D eigenvalue weighted by Gasteiger charge is -2.25. The first kappa shape index (κ1) is 32.6. The Morgan fingerprint density at radius 1 is 1.29 bits per heavy atom. The second kappa shape index (κ2) is 13.4. The van der Waals surface area contributed by atoms with Gasteiger partial charge in [-0.3, -0.25) is 23.7 Å². The zero-order chi connectivity index (χ0) is 30.5. The van der Waals surface area contributed by atoms with Crippen molar-refractivity contribution in [1.82, 2.24) is 14.6 Å². The van der Waals surface area contributed by atoms with Crippen molar-refractivity contribution >= 4 is 31.6 Å². The van der Waals surface area contributed by atoms with Gasteiger partial charge in [-0.2, -0.15) is 9.48 Å². The number of halogens is 3. The SMILES string of the molecule is CCCc1ccc(OP(=O)(NC(C)C(=O)OC(C)C)OCC2OC(n3cc(F)c(=O)[nH]c3=O)C(F)(Cl)C2C=O)cc1. The number of esters is 1. The predicted molar refractivity (Wildman–Crippen MR) is 143 cm³/mol. The Balaban J connectivity index is 1.87. The van der Waals surface area contributed by atoms with Crippen LogP contribution >= 0.6 is 19.3 Å². The van der Waals surface area contributed by atoms with Gasteiger partial charge in [-0.25, -0.2) is 13.8 Å². The van der Waals surface area contributed by atoms with E-state index in [0.717, 1.165) is 18.4 Å². The summed E-state index contributed by atoms with van der Waals surface area (Å²) in [7, 11) is -4.46.